The summed E-state index contributed by atoms with van der Waals surface area (Å²) in [6.07, 6.45) is 0.792. The molecule has 4 N–H and O–H groups in total. The Morgan fingerprint density at radius 2 is 1.42 bits per heavy atom. The summed E-state index contributed by atoms with van der Waals surface area (Å²) in [4.78, 5) is 21.6. The minimum Gasteiger partial charge on any atom is -0.393 e. The van der Waals surface area contributed by atoms with Crippen LogP contribution < -0.4 is 0 Å². The maximum atomic E-state index is 8.88. The molecule has 0 aromatic heterocycles. The molecular weight excluding hydrogens is 183 g/mol. The third kappa shape index (κ3) is 50.0. The van der Waals surface area contributed by atoms with Gasteiger partial charge in [0.1, 0.15) is 0 Å². The lowest BCUT2D eigenvalue weighted by Gasteiger charge is -2.04. The van der Waals surface area contributed by atoms with Gasteiger partial charge in [-0.1, -0.05) is 13.8 Å². The highest BCUT2D eigenvalue weighted by atomic mass is 31.2. The van der Waals surface area contributed by atoms with E-state index < -0.39 is 7.82 Å². The van der Waals surface area contributed by atoms with E-state index in [2.05, 4.69) is 13.8 Å². The molecule has 0 saturated heterocycles. The molecule has 0 amide bonds. The number of aliphatic hydroxyl groups is 1. The normalized spacial score (nSPS) is 13.7. The van der Waals surface area contributed by atoms with Gasteiger partial charge in [-0.25, -0.2) is 4.57 Å². The molecule has 0 bridgehead atoms. The SMILES string of the molecule is CC(C)CC(C)O.O=P(O)(O)O. The summed E-state index contributed by atoms with van der Waals surface area (Å²) < 4.78 is 8.88. The molecule has 0 spiro atoms. The molecule has 5 nitrogen and oxygen atoms in total. The number of hydrogen-bond donors (Lipinski definition) is 4. The van der Waals surface area contributed by atoms with Gasteiger partial charge < -0.3 is 19.8 Å². The fourth-order valence-corrected chi connectivity index (χ4v) is 0.682. The van der Waals surface area contributed by atoms with Crippen molar-refractivity contribution in [1.29, 1.82) is 0 Å². The smallest absolute Gasteiger partial charge is 0.393 e. The van der Waals surface area contributed by atoms with Crippen LogP contribution in [0.2, 0.25) is 0 Å². The Labute approximate surface area is 72.3 Å². The molecule has 1 atom stereocenters. The molecule has 0 aliphatic rings. The van der Waals surface area contributed by atoms with Gasteiger partial charge in [0, 0.05) is 0 Å². The van der Waals surface area contributed by atoms with E-state index in [0.717, 1.165) is 6.42 Å². The largest absolute Gasteiger partial charge is 0.466 e. The van der Waals surface area contributed by atoms with E-state index in [1.807, 2.05) is 6.92 Å². The number of hydrogen-bond acceptors (Lipinski definition) is 2. The Kier molecular flexibility index (Phi) is 7.99. The molecule has 0 aliphatic heterocycles. The standard InChI is InChI=1S/C6H14O.H3O4P/c1-5(2)4-6(3)7;1-5(2,3)4/h5-7H,4H2,1-3H3;(H3,1,2,3,4). The maximum absolute atomic E-state index is 8.88. The highest BCUT2D eigenvalue weighted by molar-refractivity contribution is 7.45. The van der Waals surface area contributed by atoms with Crippen LogP contribution in [-0.4, -0.2) is 25.9 Å². The van der Waals surface area contributed by atoms with Crippen LogP contribution in [0.4, 0.5) is 0 Å². The van der Waals surface area contributed by atoms with Gasteiger partial charge >= 0.3 is 7.82 Å². The van der Waals surface area contributed by atoms with Gasteiger partial charge in [0.15, 0.2) is 0 Å². The van der Waals surface area contributed by atoms with E-state index in [1.54, 1.807) is 0 Å². The van der Waals surface area contributed by atoms with Crippen LogP contribution >= 0.6 is 7.82 Å². The van der Waals surface area contributed by atoms with E-state index in [1.165, 1.54) is 0 Å². The zero-order valence-electron chi connectivity index (χ0n) is 7.51. The van der Waals surface area contributed by atoms with E-state index in [-0.39, 0.29) is 6.10 Å². The first-order chi connectivity index (χ1) is 5.13. The monoisotopic (exact) mass is 200 g/mol. The molecule has 0 radical (unpaired) electrons. The Balaban J connectivity index is 0. The van der Waals surface area contributed by atoms with E-state index in [0.29, 0.717) is 5.92 Å². The Morgan fingerprint density at radius 1 is 1.17 bits per heavy atom. The lowest BCUT2D eigenvalue weighted by Crippen LogP contribution is -2.03. The summed E-state index contributed by atoms with van der Waals surface area (Å²) in [7, 11) is -4.64. The molecule has 0 aromatic carbocycles. The van der Waals surface area contributed by atoms with Crippen molar-refractivity contribution < 1.29 is 24.4 Å². The molecule has 0 heterocycles. The minimum absolute atomic E-state index is 0.125. The van der Waals surface area contributed by atoms with Crippen molar-refractivity contribution in [3.8, 4) is 0 Å². The summed E-state index contributed by atoms with van der Waals surface area (Å²) in [6, 6.07) is 0. The average Bonchev–Trinajstić information content (AvgIpc) is 1.52. The van der Waals surface area contributed by atoms with Crippen LogP contribution in [0.1, 0.15) is 27.2 Å². The Bertz CT molecular complexity index is 125. The van der Waals surface area contributed by atoms with Gasteiger partial charge in [-0.05, 0) is 19.3 Å². The average molecular weight is 200 g/mol. The Morgan fingerprint density at radius 3 is 1.42 bits per heavy atom. The van der Waals surface area contributed by atoms with Gasteiger partial charge in [-0.2, -0.15) is 0 Å². The van der Waals surface area contributed by atoms with Crippen LogP contribution in [0.15, 0.2) is 0 Å². The van der Waals surface area contributed by atoms with E-state index in [9.17, 15) is 0 Å². The van der Waals surface area contributed by atoms with Crippen LogP contribution in [0.3, 0.4) is 0 Å². The lowest BCUT2D eigenvalue weighted by molar-refractivity contribution is 0.168. The predicted octanol–water partition coefficient (Wildman–Crippen LogP) is 0.485. The zero-order valence-corrected chi connectivity index (χ0v) is 8.40. The van der Waals surface area contributed by atoms with Crippen LogP contribution in [-0.2, 0) is 4.57 Å². The van der Waals surface area contributed by atoms with Gasteiger partial charge in [0.2, 0.25) is 0 Å². The topological polar surface area (TPSA) is 98.0 Å². The van der Waals surface area contributed by atoms with Crippen molar-refractivity contribution in [3.63, 3.8) is 0 Å². The third-order valence-electron chi connectivity index (χ3n) is 0.813. The summed E-state index contributed by atoms with van der Waals surface area (Å²) in [5.41, 5.74) is 0. The molecule has 1 unspecified atom stereocenters. The van der Waals surface area contributed by atoms with Crippen molar-refractivity contribution >= 4 is 7.82 Å². The first kappa shape index (κ1) is 14.6. The summed E-state index contributed by atoms with van der Waals surface area (Å²) >= 11 is 0. The van der Waals surface area contributed by atoms with E-state index in [4.69, 9.17) is 24.4 Å². The second-order valence-electron chi connectivity index (χ2n) is 2.99. The molecule has 76 valence electrons. The molecule has 0 saturated carbocycles. The fourth-order valence-electron chi connectivity index (χ4n) is 0.682. The quantitative estimate of drug-likeness (QED) is 0.486. The van der Waals surface area contributed by atoms with Crippen LogP contribution in [0.5, 0.6) is 0 Å². The number of phosphoric acid groups is 1. The number of rotatable bonds is 2. The number of aliphatic hydroxyl groups excluding tert-OH is 1. The van der Waals surface area contributed by atoms with Gasteiger partial charge in [-0.15, -0.1) is 0 Å². The first-order valence-corrected chi connectivity index (χ1v) is 5.15. The predicted molar refractivity (Wildman–Crippen MR) is 45.4 cm³/mol. The van der Waals surface area contributed by atoms with Crippen molar-refractivity contribution in [2.24, 2.45) is 5.92 Å². The second kappa shape index (κ2) is 6.57. The van der Waals surface area contributed by atoms with Crippen molar-refractivity contribution in [3.05, 3.63) is 0 Å². The van der Waals surface area contributed by atoms with Gasteiger partial charge in [0.05, 0.1) is 6.10 Å². The Hall–Kier alpha value is 0.0700. The second-order valence-corrected chi connectivity index (χ2v) is 4.02. The molecule has 0 aliphatic carbocycles. The van der Waals surface area contributed by atoms with Gasteiger partial charge in [0.25, 0.3) is 0 Å². The molecule has 0 aromatic rings. The highest BCUT2D eigenvalue weighted by Gasteiger charge is 2.00. The molecule has 6 heteroatoms. The fraction of sp³-hybridized carbons (Fsp3) is 1.00. The van der Waals surface area contributed by atoms with E-state index >= 15 is 0 Å². The van der Waals surface area contributed by atoms with Gasteiger partial charge in [-0.3, -0.25) is 0 Å². The van der Waals surface area contributed by atoms with Crippen molar-refractivity contribution in [2.45, 2.75) is 33.3 Å². The highest BCUT2D eigenvalue weighted by Crippen LogP contribution is 2.25. The van der Waals surface area contributed by atoms with Crippen LogP contribution in [0, 0.1) is 5.92 Å². The van der Waals surface area contributed by atoms with Crippen molar-refractivity contribution in [1.82, 2.24) is 0 Å². The minimum atomic E-state index is -4.64. The van der Waals surface area contributed by atoms with Crippen molar-refractivity contribution in [2.75, 3.05) is 0 Å². The zero-order chi connectivity index (χ0) is 10.4. The summed E-state index contributed by atoms with van der Waals surface area (Å²) in [6.45, 7) is 6.03. The third-order valence-corrected chi connectivity index (χ3v) is 0.813. The maximum Gasteiger partial charge on any atom is 0.466 e. The summed E-state index contributed by atoms with van der Waals surface area (Å²) in [5.74, 6) is 0.625. The summed E-state index contributed by atoms with van der Waals surface area (Å²) in [5, 5.41) is 8.72. The van der Waals surface area contributed by atoms with Crippen LogP contribution in [0.25, 0.3) is 0 Å². The molecule has 12 heavy (non-hydrogen) atoms. The first-order valence-electron chi connectivity index (χ1n) is 3.59. The lowest BCUT2D eigenvalue weighted by atomic mass is 10.1. The molecular formula is C6H17O5P. The molecule has 0 rings (SSSR count). The molecule has 0 fully saturated rings.